The summed E-state index contributed by atoms with van der Waals surface area (Å²) < 4.78 is 5.51. The maximum Gasteiger partial charge on any atom is 0.325 e. The van der Waals surface area contributed by atoms with Crippen LogP contribution in [0.1, 0.15) is 11.1 Å². The zero-order chi connectivity index (χ0) is 20.1. The number of nitrogens with one attached hydrogen (secondary N) is 2. The highest BCUT2D eigenvalue weighted by molar-refractivity contribution is 7.99. The van der Waals surface area contributed by atoms with Crippen LogP contribution in [0.4, 0.5) is 10.5 Å². The number of hydrogen-bond donors (Lipinski definition) is 2. The van der Waals surface area contributed by atoms with Crippen molar-refractivity contribution in [2.24, 2.45) is 0 Å². The van der Waals surface area contributed by atoms with Gasteiger partial charge in [-0.25, -0.2) is 4.79 Å². The third-order valence-corrected chi connectivity index (χ3v) is 4.96. The van der Waals surface area contributed by atoms with Crippen LogP contribution < -0.4 is 10.6 Å². The Kier molecular flexibility index (Phi) is 6.33. The second-order valence-electron chi connectivity index (χ2n) is 5.92. The Hall–Kier alpha value is -2.84. The van der Waals surface area contributed by atoms with E-state index in [0.717, 1.165) is 22.9 Å². The zero-order valence-corrected chi connectivity index (χ0v) is 16.7. The van der Waals surface area contributed by atoms with Gasteiger partial charge in [-0.3, -0.25) is 10.1 Å². The first-order valence-electron chi connectivity index (χ1n) is 8.31. The summed E-state index contributed by atoms with van der Waals surface area (Å²) in [7, 11) is 0. The number of imide groups is 1. The molecular formula is C19H17ClN4O3S. The highest BCUT2D eigenvalue weighted by atomic mass is 35.5. The predicted octanol–water partition coefficient (Wildman–Crippen LogP) is 4.45. The summed E-state index contributed by atoms with van der Waals surface area (Å²) in [5, 5.41) is 13.5. The second-order valence-corrected chi connectivity index (χ2v) is 7.28. The number of halogens is 1. The van der Waals surface area contributed by atoms with Crippen molar-refractivity contribution in [3.63, 3.8) is 0 Å². The Balaban J connectivity index is 1.52. The van der Waals surface area contributed by atoms with E-state index < -0.39 is 11.9 Å². The number of benzene rings is 2. The summed E-state index contributed by atoms with van der Waals surface area (Å²) >= 11 is 6.98. The SMILES string of the molecule is Cc1cccc(NC(=O)NC(=O)CSc2nnc(-c3cccc(Cl)c3)o2)c1C. The van der Waals surface area contributed by atoms with Crippen molar-refractivity contribution in [1.82, 2.24) is 15.5 Å². The van der Waals surface area contributed by atoms with Gasteiger partial charge in [0.05, 0.1) is 5.75 Å². The summed E-state index contributed by atoms with van der Waals surface area (Å²) in [5.41, 5.74) is 3.33. The Morgan fingerprint density at radius 1 is 1.14 bits per heavy atom. The van der Waals surface area contributed by atoms with E-state index in [4.69, 9.17) is 16.0 Å². The van der Waals surface area contributed by atoms with Crippen LogP contribution in [-0.2, 0) is 4.79 Å². The molecule has 3 rings (SSSR count). The van der Waals surface area contributed by atoms with Crippen molar-refractivity contribution in [2.45, 2.75) is 19.1 Å². The molecule has 2 N–H and O–H groups in total. The van der Waals surface area contributed by atoms with Crippen molar-refractivity contribution < 1.29 is 14.0 Å². The van der Waals surface area contributed by atoms with Crippen molar-refractivity contribution in [3.05, 3.63) is 58.6 Å². The highest BCUT2D eigenvalue weighted by Gasteiger charge is 2.14. The number of hydrogen-bond acceptors (Lipinski definition) is 6. The molecule has 3 amide bonds. The van der Waals surface area contributed by atoms with Crippen molar-refractivity contribution >= 4 is 41.0 Å². The first-order chi connectivity index (χ1) is 13.4. The van der Waals surface area contributed by atoms with Crippen LogP contribution in [0, 0.1) is 13.8 Å². The molecule has 0 spiro atoms. The fraction of sp³-hybridized carbons (Fsp3) is 0.158. The zero-order valence-electron chi connectivity index (χ0n) is 15.2. The molecule has 1 aromatic heterocycles. The standard InChI is InChI=1S/C19H17ClN4O3S/c1-11-5-3-8-15(12(11)2)21-18(26)22-16(25)10-28-19-24-23-17(27-19)13-6-4-7-14(20)9-13/h3-9H,10H2,1-2H3,(H2,21,22,25,26). The van der Waals surface area contributed by atoms with Crippen LogP contribution in [0.15, 0.2) is 52.1 Å². The van der Waals surface area contributed by atoms with Gasteiger partial charge in [0.2, 0.25) is 11.8 Å². The highest BCUT2D eigenvalue weighted by Crippen LogP contribution is 2.25. The lowest BCUT2D eigenvalue weighted by Crippen LogP contribution is -2.35. The second kappa shape index (κ2) is 8.90. The van der Waals surface area contributed by atoms with E-state index in [1.807, 2.05) is 26.0 Å². The quantitative estimate of drug-likeness (QED) is 0.596. The van der Waals surface area contributed by atoms with Crippen LogP contribution in [0.2, 0.25) is 5.02 Å². The molecule has 144 valence electrons. The number of nitrogens with zero attached hydrogens (tertiary/aromatic N) is 2. The van der Waals surface area contributed by atoms with Crippen molar-refractivity contribution in [3.8, 4) is 11.5 Å². The number of thioether (sulfide) groups is 1. The van der Waals surface area contributed by atoms with Gasteiger partial charge in [-0.2, -0.15) is 0 Å². The van der Waals surface area contributed by atoms with Crippen molar-refractivity contribution in [1.29, 1.82) is 0 Å². The lowest BCUT2D eigenvalue weighted by Gasteiger charge is -2.10. The molecule has 0 aliphatic heterocycles. The van der Waals surface area contributed by atoms with Crippen LogP contribution in [0.5, 0.6) is 0 Å². The van der Waals surface area contributed by atoms with Gasteiger partial charge in [-0.05, 0) is 49.2 Å². The van der Waals surface area contributed by atoms with E-state index in [1.54, 1.807) is 30.3 Å². The van der Waals surface area contributed by atoms with Crippen LogP contribution in [-0.4, -0.2) is 27.9 Å². The molecule has 0 radical (unpaired) electrons. The number of rotatable bonds is 5. The Morgan fingerprint density at radius 3 is 2.71 bits per heavy atom. The molecule has 0 aliphatic carbocycles. The normalized spacial score (nSPS) is 10.5. The van der Waals surface area contributed by atoms with Crippen LogP contribution in [0.3, 0.4) is 0 Å². The monoisotopic (exact) mass is 416 g/mol. The molecule has 0 bridgehead atoms. The van der Waals surface area contributed by atoms with E-state index in [-0.39, 0.29) is 11.0 Å². The number of anilines is 1. The van der Waals surface area contributed by atoms with Gasteiger partial charge >= 0.3 is 6.03 Å². The molecule has 0 saturated heterocycles. The van der Waals surface area contributed by atoms with Crippen molar-refractivity contribution in [2.75, 3.05) is 11.1 Å². The number of carbonyl (C=O) groups excluding carboxylic acids is 2. The Morgan fingerprint density at radius 2 is 1.93 bits per heavy atom. The Labute approximate surface area is 170 Å². The van der Waals surface area contributed by atoms with Crippen LogP contribution >= 0.6 is 23.4 Å². The predicted molar refractivity (Wildman–Crippen MR) is 109 cm³/mol. The molecule has 3 aromatic rings. The Bertz CT molecular complexity index is 1020. The smallest absolute Gasteiger partial charge is 0.325 e. The third kappa shape index (κ3) is 5.11. The van der Waals surface area contributed by atoms with E-state index in [0.29, 0.717) is 22.2 Å². The van der Waals surface area contributed by atoms with Gasteiger partial charge in [0.15, 0.2) is 0 Å². The number of aryl methyl sites for hydroxylation is 1. The third-order valence-electron chi connectivity index (χ3n) is 3.91. The minimum atomic E-state index is -0.593. The van der Waals surface area contributed by atoms with E-state index in [1.165, 1.54) is 0 Å². The fourth-order valence-corrected chi connectivity index (χ4v) is 3.09. The summed E-state index contributed by atoms with van der Waals surface area (Å²) in [6, 6.07) is 12.0. The van der Waals surface area contributed by atoms with Gasteiger partial charge in [-0.15, -0.1) is 10.2 Å². The lowest BCUT2D eigenvalue weighted by molar-refractivity contribution is -0.117. The topological polar surface area (TPSA) is 97.1 Å². The van der Waals surface area contributed by atoms with Gasteiger partial charge in [-0.1, -0.05) is 41.6 Å². The minimum absolute atomic E-state index is 0.0442. The molecule has 0 fully saturated rings. The average molecular weight is 417 g/mol. The number of urea groups is 1. The molecule has 1 heterocycles. The molecular weight excluding hydrogens is 400 g/mol. The molecule has 2 aromatic carbocycles. The van der Waals surface area contributed by atoms with E-state index >= 15 is 0 Å². The van der Waals surface area contributed by atoms with Gasteiger partial charge in [0.25, 0.3) is 5.22 Å². The first-order valence-corrected chi connectivity index (χ1v) is 9.68. The molecule has 0 saturated carbocycles. The molecule has 7 nitrogen and oxygen atoms in total. The van der Waals surface area contributed by atoms with Gasteiger partial charge in [0, 0.05) is 16.3 Å². The van der Waals surface area contributed by atoms with Crippen LogP contribution in [0.25, 0.3) is 11.5 Å². The van der Waals surface area contributed by atoms with E-state index in [2.05, 4.69) is 20.8 Å². The molecule has 28 heavy (non-hydrogen) atoms. The molecule has 0 unspecified atom stereocenters. The fourth-order valence-electron chi connectivity index (χ4n) is 2.34. The van der Waals surface area contributed by atoms with E-state index in [9.17, 15) is 9.59 Å². The average Bonchev–Trinajstić information content (AvgIpc) is 3.13. The van der Waals surface area contributed by atoms with Gasteiger partial charge < -0.3 is 9.73 Å². The summed E-state index contributed by atoms with van der Waals surface area (Å²) in [5.74, 6) is -0.217. The number of amides is 3. The maximum atomic E-state index is 12.0. The molecule has 9 heteroatoms. The maximum absolute atomic E-state index is 12.0. The molecule has 0 atom stereocenters. The first kappa shape index (κ1) is 19.9. The number of carbonyl (C=O) groups is 2. The summed E-state index contributed by atoms with van der Waals surface area (Å²) in [6.07, 6.45) is 0. The summed E-state index contributed by atoms with van der Waals surface area (Å²) in [6.45, 7) is 3.85. The minimum Gasteiger partial charge on any atom is -0.411 e. The lowest BCUT2D eigenvalue weighted by atomic mass is 10.1. The largest absolute Gasteiger partial charge is 0.411 e. The molecule has 0 aliphatic rings. The van der Waals surface area contributed by atoms with Gasteiger partial charge in [0.1, 0.15) is 0 Å². The summed E-state index contributed by atoms with van der Waals surface area (Å²) in [4.78, 5) is 24.0. The number of aromatic nitrogens is 2.